The van der Waals surface area contributed by atoms with E-state index in [1.54, 1.807) is 44.6 Å². The molecule has 0 fully saturated rings. The topological polar surface area (TPSA) is 114 Å². The lowest BCUT2D eigenvalue weighted by Gasteiger charge is -2.31. The fourth-order valence-electron chi connectivity index (χ4n) is 5.10. The summed E-state index contributed by atoms with van der Waals surface area (Å²) in [5.74, 6) is -0.363. The van der Waals surface area contributed by atoms with Gasteiger partial charge in [0.2, 0.25) is 0 Å². The van der Waals surface area contributed by atoms with Crippen LogP contribution in [0.15, 0.2) is 97.3 Å². The number of nitrogens with zero attached hydrogens (tertiary/aromatic N) is 4. The van der Waals surface area contributed by atoms with Crippen LogP contribution in [-0.2, 0) is 10.3 Å². The molecule has 0 aliphatic heterocycles. The Morgan fingerprint density at radius 3 is 2.05 bits per heavy atom. The number of methoxy groups -OCH3 is 1. The zero-order chi connectivity index (χ0) is 28.4. The number of nitrogens with one attached hydrogen (secondary N) is 1. The van der Waals surface area contributed by atoms with Crippen LogP contribution in [0.3, 0.4) is 0 Å². The molecule has 0 radical (unpaired) electrons. The third kappa shape index (κ3) is 4.53. The summed E-state index contributed by atoms with van der Waals surface area (Å²) in [7, 11) is 1.36. The number of fused-ring (bicyclic) bond motifs is 1. The maximum absolute atomic E-state index is 12.0. The second kappa shape index (κ2) is 10.6. The average molecular weight is 532 g/mol. The molecule has 2 N–H and O–H groups in total. The molecule has 0 unspecified atom stereocenters. The zero-order valence-electron chi connectivity index (χ0n) is 22.7. The Bertz CT molecular complexity index is 1700. The molecule has 1 aromatic carbocycles. The maximum Gasteiger partial charge on any atom is 0.337 e. The van der Waals surface area contributed by atoms with Crippen LogP contribution >= 0.6 is 0 Å². The highest BCUT2D eigenvalue weighted by atomic mass is 16.5. The predicted octanol–water partition coefficient (Wildman–Crippen LogP) is 6.42. The van der Waals surface area contributed by atoms with E-state index in [0.717, 1.165) is 28.0 Å². The summed E-state index contributed by atoms with van der Waals surface area (Å²) in [5, 5.41) is 18.7. The van der Waals surface area contributed by atoms with Crippen molar-refractivity contribution in [3.05, 3.63) is 120 Å². The van der Waals surface area contributed by atoms with Gasteiger partial charge >= 0.3 is 5.97 Å². The van der Waals surface area contributed by atoms with E-state index in [-0.39, 0.29) is 11.5 Å². The summed E-state index contributed by atoms with van der Waals surface area (Å²) in [6, 6.07) is 20.7. The van der Waals surface area contributed by atoms with Crippen LogP contribution in [0.5, 0.6) is 0 Å². The van der Waals surface area contributed by atoms with E-state index >= 15 is 0 Å². The Morgan fingerprint density at radius 1 is 0.925 bits per heavy atom. The highest BCUT2D eigenvalue weighted by molar-refractivity contribution is 6.22. The van der Waals surface area contributed by atoms with Gasteiger partial charge in [0.15, 0.2) is 0 Å². The molecule has 5 rings (SSSR count). The number of rotatable bonds is 7. The number of aliphatic hydroxyl groups is 1. The highest BCUT2D eigenvalue weighted by Gasteiger charge is 2.36. The van der Waals surface area contributed by atoms with E-state index in [4.69, 9.17) is 25.1 Å². The van der Waals surface area contributed by atoms with Crippen molar-refractivity contribution in [3.8, 4) is 11.1 Å². The Kier molecular flexibility index (Phi) is 7.00. The molecule has 200 valence electrons. The van der Waals surface area contributed by atoms with Crippen molar-refractivity contribution in [2.75, 3.05) is 7.11 Å². The average Bonchev–Trinajstić information content (AvgIpc) is 3.36. The number of hydrogen-bond acceptors (Lipinski definition) is 7. The number of carbonyl (C=O) groups excluding carboxylic acids is 1. The molecule has 8 heteroatoms. The smallest absolute Gasteiger partial charge is 0.337 e. The van der Waals surface area contributed by atoms with Gasteiger partial charge in [0.05, 0.1) is 40.9 Å². The lowest BCUT2D eigenvalue weighted by atomic mass is 9.91. The van der Waals surface area contributed by atoms with E-state index in [1.165, 1.54) is 7.11 Å². The van der Waals surface area contributed by atoms with E-state index in [9.17, 15) is 9.90 Å². The standard InChI is InChI=1S/C32H29N5O3/c1-20(33)29(21(2)38)24-17-26-30(36-18-24)25(22-11-13-23(14-12-22)31(39)40-4)19-37(26)32(3,27-9-5-7-15-34-27)28-10-6-8-16-35-28/h5-19,33,38H,1-4H3/b29-21+,33-20?. The zero-order valence-corrected chi connectivity index (χ0v) is 22.7. The molecular formula is C32H29N5O3. The molecule has 0 atom stereocenters. The quantitative estimate of drug-likeness (QED) is 0.142. The number of carbonyl (C=O) groups is 1. The minimum absolute atomic E-state index is 0.0441. The molecule has 0 aliphatic rings. The van der Waals surface area contributed by atoms with Gasteiger partial charge < -0.3 is 19.8 Å². The van der Waals surface area contributed by atoms with Gasteiger partial charge in [-0.15, -0.1) is 0 Å². The maximum atomic E-state index is 12.0. The molecule has 0 amide bonds. The van der Waals surface area contributed by atoms with Gasteiger partial charge in [0.25, 0.3) is 0 Å². The van der Waals surface area contributed by atoms with Gasteiger partial charge in [0.1, 0.15) is 5.54 Å². The monoisotopic (exact) mass is 531 g/mol. The lowest BCUT2D eigenvalue weighted by molar-refractivity contribution is 0.0600. The number of aliphatic hydroxyl groups excluding tert-OH is 1. The van der Waals surface area contributed by atoms with Gasteiger partial charge in [-0.05, 0) is 68.8 Å². The number of allylic oxidation sites excluding steroid dienone is 2. The minimum atomic E-state index is -0.844. The molecule has 8 nitrogen and oxygen atoms in total. The molecule has 0 aliphatic carbocycles. The van der Waals surface area contributed by atoms with E-state index < -0.39 is 11.5 Å². The molecule has 4 aromatic heterocycles. The first-order valence-electron chi connectivity index (χ1n) is 12.7. The number of aromatic nitrogens is 4. The largest absolute Gasteiger partial charge is 0.512 e. The third-order valence-corrected chi connectivity index (χ3v) is 7.09. The number of benzene rings is 1. The predicted molar refractivity (Wildman–Crippen MR) is 155 cm³/mol. The fraction of sp³-hybridized carbons (Fsp3) is 0.156. The Morgan fingerprint density at radius 2 is 1.55 bits per heavy atom. The van der Waals surface area contributed by atoms with Crippen LogP contribution in [0.1, 0.15) is 48.1 Å². The number of hydrogen-bond donors (Lipinski definition) is 2. The van der Waals surface area contributed by atoms with Crippen molar-refractivity contribution in [1.29, 1.82) is 5.41 Å². The molecule has 5 aromatic rings. The summed E-state index contributed by atoms with van der Waals surface area (Å²) >= 11 is 0. The number of ether oxygens (including phenoxy) is 1. The minimum Gasteiger partial charge on any atom is -0.512 e. The summed E-state index contributed by atoms with van der Waals surface area (Å²) in [6.07, 6.45) is 7.20. The van der Waals surface area contributed by atoms with Crippen LogP contribution in [0.25, 0.3) is 27.7 Å². The summed E-state index contributed by atoms with van der Waals surface area (Å²) < 4.78 is 6.96. The highest BCUT2D eigenvalue weighted by Crippen LogP contribution is 2.40. The van der Waals surface area contributed by atoms with Crippen LogP contribution in [0, 0.1) is 5.41 Å². The van der Waals surface area contributed by atoms with Gasteiger partial charge in [-0.25, -0.2) is 4.79 Å². The first-order valence-corrected chi connectivity index (χ1v) is 12.7. The first-order chi connectivity index (χ1) is 19.3. The lowest BCUT2D eigenvalue weighted by Crippen LogP contribution is -2.34. The molecule has 40 heavy (non-hydrogen) atoms. The fourth-order valence-corrected chi connectivity index (χ4v) is 5.10. The van der Waals surface area contributed by atoms with E-state index in [2.05, 4.69) is 11.5 Å². The van der Waals surface area contributed by atoms with Gasteiger partial charge in [-0.1, -0.05) is 24.3 Å². The summed E-state index contributed by atoms with van der Waals surface area (Å²) in [5.41, 5.74) is 5.62. The molecule has 0 bridgehead atoms. The second-order valence-electron chi connectivity index (χ2n) is 9.66. The second-order valence-corrected chi connectivity index (χ2v) is 9.66. The third-order valence-electron chi connectivity index (χ3n) is 7.09. The number of pyridine rings is 3. The molecule has 4 heterocycles. The van der Waals surface area contributed by atoms with E-state index in [1.807, 2.05) is 60.8 Å². The molecule has 0 saturated carbocycles. The first kappa shape index (κ1) is 26.5. The van der Waals surface area contributed by atoms with Crippen molar-refractivity contribution in [1.82, 2.24) is 19.5 Å². The molecular weight excluding hydrogens is 502 g/mol. The van der Waals surface area contributed by atoms with Gasteiger partial charge in [0, 0.05) is 47.2 Å². The van der Waals surface area contributed by atoms with Crippen LogP contribution in [0.4, 0.5) is 0 Å². The summed E-state index contributed by atoms with van der Waals surface area (Å²) in [6.45, 7) is 5.26. The van der Waals surface area contributed by atoms with E-state index in [0.29, 0.717) is 22.2 Å². The Hall–Kier alpha value is -5.11. The van der Waals surface area contributed by atoms with Crippen molar-refractivity contribution < 1.29 is 14.6 Å². The van der Waals surface area contributed by atoms with Crippen LogP contribution < -0.4 is 0 Å². The number of esters is 1. The summed E-state index contributed by atoms with van der Waals surface area (Å²) in [4.78, 5) is 26.3. The SMILES string of the molecule is COC(=O)c1ccc(-c2cn(C(C)(c3ccccn3)c3ccccn3)c3cc(/C(C(C)=N)=C(\C)O)cnc23)cc1. The molecule has 0 saturated heterocycles. The van der Waals surface area contributed by atoms with Crippen LogP contribution in [0.2, 0.25) is 0 Å². The Balaban J connectivity index is 1.85. The van der Waals surface area contributed by atoms with Crippen molar-refractivity contribution >= 4 is 28.3 Å². The van der Waals surface area contributed by atoms with Gasteiger partial charge in [-0.3, -0.25) is 15.0 Å². The normalized spacial score (nSPS) is 12.2. The molecule has 0 spiro atoms. The van der Waals surface area contributed by atoms with Crippen molar-refractivity contribution in [2.24, 2.45) is 0 Å². The Labute approximate surface area is 232 Å². The van der Waals surface area contributed by atoms with Crippen molar-refractivity contribution in [3.63, 3.8) is 0 Å². The van der Waals surface area contributed by atoms with Gasteiger partial charge in [-0.2, -0.15) is 0 Å². The van der Waals surface area contributed by atoms with Crippen molar-refractivity contribution in [2.45, 2.75) is 26.3 Å². The van der Waals surface area contributed by atoms with Crippen LogP contribution in [-0.4, -0.2) is 43.4 Å².